The van der Waals surface area contributed by atoms with Gasteiger partial charge in [0, 0.05) is 17.5 Å². The molecule has 0 aliphatic carbocycles. The first-order valence-electron chi connectivity index (χ1n) is 4.29. The Balaban J connectivity index is 2.30. The van der Waals surface area contributed by atoms with Crippen LogP contribution in [0.25, 0.3) is 0 Å². The number of aliphatic hydroxyl groups is 2. The molecule has 0 saturated heterocycles. The third kappa shape index (κ3) is 3.44. The minimum Gasteiger partial charge on any atom is -0.395 e. The van der Waals surface area contributed by atoms with Gasteiger partial charge in [-0.15, -0.1) is 11.3 Å². The molecule has 0 radical (unpaired) electrons. The highest BCUT2D eigenvalue weighted by Crippen LogP contribution is 2.17. The first kappa shape index (κ1) is 10.7. The van der Waals surface area contributed by atoms with E-state index in [1.54, 1.807) is 0 Å². The summed E-state index contributed by atoms with van der Waals surface area (Å²) >= 11 is 1.54. The number of thiophene rings is 1. The maximum absolute atomic E-state index is 9.62. The summed E-state index contributed by atoms with van der Waals surface area (Å²) < 4.78 is 0. The molecule has 0 amide bonds. The van der Waals surface area contributed by atoms with E-state index >= 15 is 0 Å². The maximum atomic E-state index is 9.62. The Morgan fingerprint density at radius 1 is 1.62 bits per heavy atom. The summed E-state index contributed by atoms with van der Waals surface area (Å²) in [5.41, 5.74) is 0. The van der Waals surface area contributed by atoms with Gasteiger partial charge in [-0.05, 0) is 18.4 Å². The quantitative estimate of drug-likeness (QED) is 0.659. The van der Waals surface area contributed by atoms with E-state index in [4.69, 9.17) is 5.11 Å². The fourth-order valence-corrected chi connectivity index (χ4v) is 1.67. The van der Waals surface area contributed by atoms with Gasteiger partial charge < -0.3 is 15.5 Å². The van der Waals surface area contributed by atoms with Gasteiger partial charge in [-0.3, -0.25) is 0 Å². The van der Waals surface area contributed by atoms with Gasteiger partial charge in [0.05, 0.1) is 6.61 Å². The number of hydrogen-bond donors (Lipinski definition) is 3. The van der Waals surface area contributed by atoms with Crippen LogP contribution in [-0.4, -0.2) is 29.4 Å². The van der Waals surface area contributed by atoms with E-state index in [1.165, 1.54) is 11.3 Å². The Kier molecular flexibility index (Phi) is 4.38. The molecule has 0 bridgehead atoms. The molecule has 1 heterocycles. The summed E-state index contributed by atoms with van der Waals surface area (Å²) in [5, 5.41) is 23.3. The van der Waals surface area contributed by atoms with Crippen LogP contribution < -0.4 is 5.32 Å². The minimum atomic E-state index is -0.464. The van der Waals surface area contributed by atoms with Gasteiger partial charge >= 0.3 is 0 Å². The van der Waals surface area contributed by atoms with Crippen LogP contribution in [0.1, 0.15) is 17.9 Å². The van der Waals surface area contributed by atoms with Crippen LogP contribution in [-0.2, 0) is 0 Å². The van der Waals surface area contributed by atoms with Crippen LogP contribution in [0.15, 0.2) is 17.5 Å². The van der Waals surface area contributed by atoms with Crippen LogP contribution in [0.3, 0.4) is 0 Å². The molecule has 2 atom stereocenters. The SMILES string of the molecule is CC(CO)NCC(O)c1cccs1. The molecule has 0 aliphatic rings. The van der Waals surface area contributed by atoms with E-state index in [0.29, 0.717) is 6.54 Å². The fraction of sp³-hybridized carbons (Fsp3) is 0.556. The van der Waals surface area contributed by atoms with Crippen LogP contribution in [0.2, 0.25) is 0 Å². The smallest absolute Gasteiger partial charge is 0.101 e. The molecule has 0 spiro atoms. The Morgan fingerprint density at radius 3 is 2.92 bits per heavy atom. The summed E-state index contributed by atoms with van der Waals surface area (Å²) in [7, 11) is 0. The van der Waals surface area contributed by atoms with Gasteiger partial charge in [0.1, 0.15) is 6.10 Å². The Bertz CT molecular complexity index is 226. The third-order valence-electron chi connectivity index (χ3n) is 1.81. The van der Waals surface area contributed by atoms with Crippen LogP contribution in [0, 0.1) is 0 Å². The predicted molar refractivity (Wildman–Crippen MR) is 53.8 cm³/mol. The Morgan fingerprint density at radius 2 is 2.38 bits per heavy atom. The molecule has 0 fully saturated rings. The lowest BCUT2D eigenvalue weighted by Gasteiger charge is -2.13. The maximum Gasteiger partial charge on any atom is 0.101 e. The number of aliphatic hydroxyl groups excluding tert-OH is 2. The van der Waals surface area contributed by atoms with Crippen molar-refractivity contribution in [1.82, 2.24) is 5.32 Å². The molecule has 1 rings (SSSR count). The normalized spacial score (nSPS) is 15.6. The van der Waals surface area contributed by atoms with Crippen LogP contribution >= 0.6 is 11.3 Å². The van der Waals surface area contributed by atoms with Crippen molar-refractivity contribution in [2.45, 2.75) is 19.1 Å². The zero-order valence-electron chi connectivity index (χ0n) is 7.60. The minimum absolute atomic E-state index is 0.0367. The van der Waals surface area contributed by atoms with Crippen LogP contribution in [0.4, 0.5) is 0 Å². The molecule has 74 valence electrons. The van der Waals surface area contributed by atoms with Crippen molar-refractivity contribution in [1.29, 1.82) is 0 Å². The molecule has 0 aliphatic heterocycles. The van der Waals surface area contributed by atoms with E-state index in [0.717, 1.165) is 4.88 Å². The topological polar surface area (TPSA) is 52.5 Å². The van der Waals surface area contributed by atoms with Crippen molar-refractivity contribution >= 4 is 11.3 Å². The molecule has 13 heavy (non-hydrogen) atoms. The van der Waals surface area contributed by atoms with Crippen molar-refractivity contribution in [2.75, 3.05) is 13.2 Å². The zero-order valence-corrected chi connectivity index (χ0v) is 8.42. The molecular formula is C9H15NO2S. The van der Waals surface area contributed by atoms with Crippen molar-refractivity contribution in [3.63, 3.8) is 0 Å². The monoisotopic (exact) mass is 201 g/mol. The van der Waals surface area contributed by atoms with E-state index in [-0.39, 0.29) is 12.6 Å². The summed E-state index contributed by atoms with van der Waals surface area (Å²) in [6.07, 6.45) is -0.464. The first-order chi connectivity index (χ1) is 6.24. The summed E-state index contributed by atoms with van der Waals surface area (Å²) in [5.74, 6) is 0. The molecular weight excluding hydrogens is 186 g/mol. The molecule has 1 aromatic rings. The third-order valence-corrected chi connectivity index (χ3v) is 2.78. The first-order valence-corrected chi connectivity index (χ1v) is 5.17. The van der Waals surface area contributed by atoms with Crippen molar-refractivity contribution < 1.29 is 10.2 Å². The van der Waals surface area contributed by atoms with E-state index in [1.807, 2.05) is 24.4 Å². The van der Waals surface area contributed by atoms with Crippen LogP contribution in [0.5, 0.6) is 0 Å². The van der Waals surface area contributed by atoms with E-state index in [2.05, 4.69) is 5.32 Å². The molecule has 1 aromatic heterocycles. The second kappa shape index (κ2) is 5.34. The van der Waals surface area contributed by atoms with Crippen molar-refractivity contribution in [3.8, 4) is 0 Å². The summed E-state index contributed by atoms with van der Waals surface area (Å²) in [6, 6.07) is 3.86. The molecule has 4 heteroatoms. The summed E-state index contributed by atoms with van der Waals surface area (Å²) in [4.78, 5) is 0.956. The lowest BCUT2D eigenvalue weighted by molar-refractivity contribution is 0.164. The van der Waals surface area contributed by atoms with Gasteiger partial charge in [-0.2, -0.15) is 0 Å². The lowest BCUT2D eigenvalue weighted by Crippen LogP contribution is -2.32. The second-order valence-corrected chi connectivity index (χ2v) is 4.00. The van der Waals surface area contributed by atoms with Gasteiger partial charge in [0.25, 0.3) is 0 Å². The van der Waals surface area contributed by atoms with Gasteiger partial charge in [0.2, 0.25) is 0 Å². The number of nitrogens with one attached hydrogen (secondary N) is 1. The predicted octanol–water partition coefficient (Wildman–Crippen LogP) is 0.752. The average Bonchev–Trinajstić information content (AvgIpc) is 2.66. The standard InChI is InChI=1S/C9H15NO2S/c1-7(6-11)10-5-8(12)9-3-2-4-13-9/h2-4,7-8,10-12H,5-6H2,1H3. The number of rotatable bonds is 5. The van der Waals surface area contributed by atoms with Crippen molar-refractivity contribution in [2.24, 2.45) is 0 Å². The van der Waals surface area contributed by atoms with Gasteiger partial charge in [-0.1, -0.05) is 6.07 Å². The molecule has 2 unspecified atom stereocenters. The Hall–Kier alpha value is -0.420. The molecule has 3 N–H and O–H groups in total. The largest absolute Gasteiger partial charge is 0.395 e. The molecule has 0 saturated carbocycles. The molecule has 3 nitrogen and oxygen atoms in total. The van der Waals surface area contributed by atoms with E-state index < -0.39 is 6.10 Å². The van der Waals surface area contributed by atoms with Gasteiger partial charge in [0.15, 0.2) is 0 Å². The van der Waals surface area contributed by atoms with Gasteiger partial charge in [-0.25, -0.2) is 0 Å². The average molecular weight is 201 g/mol. The van der Waals surface area contributed by atoms with Crippen molar-refractivity contribution in [3.05, 3.63) is 22.4 Å². The summed E-state index contributed by atoms with van der Waals surface area (Å²) in [6.45, 7) is 2.46. The zero-order chi connectivity index (χ0) is 9.68. The highest BCUT2D eigenvalue weighted by molar-refractivity contribution is 7.10. The number of hydrogen-bond acceptors (Lipinski definition) is 4. The fourth-order valence-electron chi connectivity index (χ4n) is 0.959. The highest BCUT2D eigenvalue weighted by atomic mass is 32.1. The van der Waals surface area contributed by atoms with E-state index in [9.17, 15) is 5.11 Å². The highest BCUT2D eigenvalue weighted by Gasteiger charge is 2.09. The second-order valence-electron chi connectivity index (χ2n) is 3.02. The lowest BCUT2D eigenvalue weighted by atomic mass is 10.2. The Labute approximate surface area is 82.0 Å². The molecule has 0 aromatic carbocycles.